The van der Waals surface area contributed by atoms with Gasteiger partial charge in [0, 0.05) is 50.8 Å². The Balaban J connectivity index is 1.17. The number of nitriles is 1. The van der Waals surface area contributed by atoms with E-state index in [0.717, 1.165) is 62.9 Å². The second-order valence-corrected chi connectivity index (χ2v) is 10.5. The predicted octanol–water partition coefficient (Wildman–Crippen LogP) is 2.64. The Kier molecular flexibility index (Phi) is 7.06. The Morgan fingerprint density at radius 2 is 2.06 bits per heavy atom. The van der Waals surface area contributed by atoms with Gasteiger partial charge in [-0.05, 0) is 61.1 Å². The number of piperidine rings is 2. The molecule has 2 amide bonds. The second-order valence-electron chi connectivity index (χ2n) is 10.5. The van der Waals surface area contributed by atoms with E-state index in [9.17, 15) is 19.2 Å². The molecule has 3 heterocycles. The Morgan fingerprint density at radius 1 is 1.25 bits per heavy atom. The number of aromatic nitrogens is 2. The highest BCUT2D eigenvalue weighted by Crippen LogP contribution is 2.35. The van der Waals surface area contributed by atoms with Crippen molar-refractivity contribution in [2.45, 2.75) is 70.1 Å². The standard InChI is InChI=1S/C27H33FN6O2/c1-17(35)33-8-6-18(7-9-33)15-34-16-22(14-30-34)19-2-3-20(25(28)12-19)10-24(13-29)32-27(36)26-21-4-5-23(11-21)31-26/h2-3,12,14,16,18,21,23-24,26,31H,4-11,15H2,1H3,(H,32,36). The van der Waals surface area contributed by atoms with Gasteiger partial charge in [-0.15, -0.1) is 0 Å². The maximum Gasteiger partial charge on any atom is 0.238 e. The summed E-state index contributed by atoms with van der Waals surface area (Å²) in [6.45, 7) is 3.94. The van der Waals surface area contributed by atoms with Gasteiger partial charge in [-0.3, -0.25) is 14.3 Å². The van der Waals surface area contributed by atoms with Gasteiger partial charge in [0.2, 0.25) is 11.8 Å². The number of carbonyl (C=O) groups is 2. The summed E-state index contributed by atoms with van der Waals surface area (Å²) in [5.41, 5.74) is 1.95. The lowest BCUT2D eigenvalue weighted by Crippen LogP contribution is -2.50. The number of hydrogen-bond acceptors (Lipinski definition) is 5. The van der Waals surface area contributed by atoms with Crippen LogP contribution in [-0.2, 0) is 22.6 Å². The Labute approximate surface area is 210 Å². The first-order valence-electron chi connectivity index (χ1n) is 12.9. The summed E-state index contributed by atoms with van der Waals surface area (Å²) in [6.07, 6.45) is 8.84. The molecule has 2 aliphatic heterocycles. The van der Waals surface area contributed by atoms with E-state index < -0.39 is 11.9 Å². The molecule has 9 heteroatoms. The number of fused-ring (bicyclic) bond motifs is 2. The lowest BCUT2D eigenvalue weighted by Gasteiger charge is -2.31. The number of nitrogens with one attached hydrogen (secondary N) is 2. The van der Waals surface area contributed by atoms with Crippen molar-refractivity contribution in [2.75, 3.05) is 13.1 Å². The van der Waals surface area contributed by atoms with Crippen molar-refractivity contribution in [2.24, 2.45) is 11.8 Å². The van der Waals surface area contributed by atoms with E-state index in [0.29, 0.717) is 23.4 Å². The van der Waals surface area contributed by atoms with Gasteiger partial charge in [-0.25, -0.2) is 4.39 Å². The molecule has 4 unspecified atom stereocenters. The van der Waals surface area contributed by atoms with E-state index in [1.54, 1.807) is 19.2 Å². The zero-order valence-electron chi connectivity index (χ0n) is 20.6. The van der Waals surface area contributed by atoms with Crippen LogP contribution >= 0.6 is 0 Å². The first-order chi connectivity index (χ1) is 17.4. The molecule has 1 aliphatic carbocycles. The van der Waals surface area contributed by atoms with Crippen molar-refractivity contribution in [3.05, 3.63) is 42.0 Å². The van der Waals surface area contributed by atoms with Crippen molar-refractivity contribution in [1.82, 2.24) is 25.3 Å². The summed E-state index contributed by atoms with van der Waals surface area (Å²) in [6, 6.07) is 6.47. The molecular formula is C27H33FN6O2. The Hall–Kier alpha value is -3.25. The molecule has 3 aliphatic rings. The second kappa shape index (κ2) is 10.4. The van der Waals surface area contributed by atoms with Crippen LogP contribution in [-0.4, -0.2) is 57.7 Å². The SMILES string of the molecule is CC(=O)N1CCC(Cn2cc(-c3ccc(CC(C#N)NC(=O)C4NC5CCC4C5)c(F)c3)cn2)CC1. The van der Waals surface area contributed by atoms with Crippen LogP contribution in [0.5, 0.6) is 0 Å². The zero-order valence-corrected chi connectivity index (χ0v) is 20.6. The first kappa shape index (κ1) is 24.4. The first-order valence-corrected chi connectivity index (χ1v) is 12.9. The van der Waals surface area contributed by atoms with Gasteiger partial charge in [0.15, 0.2) is 0 Å². The number of likely N-dealkylation sites (tertiary alicyclic amines) is 1. The third kappa shape index (κ3) is 5.29. The molecular weight excluding hydrogens is 459 g/mol. The monoisotopic (exact) mass is 492 g/mol. The lowest BCUT2D eigenvalue weighted by atomic mass is 9.97. The quantitative estimate of drug-likeness (QED) is 0.619. The van der Waals surface area contributed by atoms with Crippen molar-refractivity contribution < 1.29 is 14.0 Å². The molecule has 1 saturated carbocycles. The number of nitrogens with zero attached hydrogens (tertiary/aromatic N) is 4. The van der Waals surface area contributed by atoms with Crippen LogP contribution in [0.1, 0.15) is 44.6 Å². The molecule has 0 radical (unpaired) electrons. The van der Waals surface area contributed by atoms with Crippen LogP contribution < -0.4 is 10.6 Å². The summed E-state index contributed by atoms with van der Waals surface area (Å²) in [5, 5.41) is 20.2. The molecule has 2 saturated heterocycles. The van der Waals surface area contributed by atoms with E-state index >= 15 is 0 Å². The molecule has 4 atom stereocenters. The fraction of sp³-hybridized carbons (Fsp3) is 0.556. The van der Waals surface area contributed by atoms with E-state index in [4.69, 9.17) is 0 Å². The highest BCUT2D eigenvalue weighted by Gasteiger charge is 2.43. The van der Waals surface area contributed by atoms with Crippen LogP contribution in [0.4, 0.5) is 4.39 Å². The highest BCUT2D eigenvalue weighted by atomic mass is 19.1. The number of halogens is 1. The van der Waals surface area contributed by atoms with Crippen molar-refractivity contribution >= 4 is 11.8 Å². The van der Waals surface area contributed by atoms with Crippen molar-refractivity contribution in [3.8, 4) is 17.2 Å². The minimum absolute atomic E-state index is 0.118. The number of rotatable bonds is 7. The van der Waals surface area contributed by atoms with E-state index in [2.05, 4.69) is 21.8 Å². The number of carbonyl (C=O) groups excluding carboxylic acids is 2. The maximum atomic E-state index is 15.0. The topological polar surface area (TPSA) is 103 Å². The van der Waals surface area contributed by atoms with Gasteiger partial charge in [0.25, 0.3) is 0 Å². The van der Waals surface area contributed by atoms with Gasteiger partial charge in [-0.1, -0.05) is 12.1 Å². The molecule has 8 nitrogen and oxygen atoms in total. The highest BCUT2D eigenvalue weighted by molar-refractivity contribution is 5.83. The Morgan fingerprint density at radius 3 is 2.69 bits per heavy atom. The number of hydrogen-bond donors (Lipinski definition) is 2. The molecule has 2 N–H and O–H groups in total. The molecule has 190 valence electrons. The molecule has 5 rings (SSSR count). The average Bonchev–Trinajstić information content (AvgIpc) is 3.63. The molecule has 36 heavy (non-hydrogen) atoms. The van der Waals surface area contributed by atoms with Crippen LogP contribution in [0.3, 0.4) is 0 Å². The fourth-order valence-corrected chi connectivity index (χ4v) is 5.96. The molecule has 3 fully saturated rings. The van der Waals surface area contributed by atoms with Crippen LogP contribution in [0, 0.1) is 29.0 Å². The molecule has 2 aromatic rings. The van der Waals surface area contributed by atoms with Crippen molar-refractivity contribution in [1.29, 1.82) is 5.26 Å². The van der Waals surface area contributed by atoms with E-state index in [1.807, 2.05) is 21.8 Å². The minimum Gasteiger partial charge on any atom is -0.343 e. The van der Waals surface area contributed by atoms with Gasteiger partial charge in [-0.2, -0.15) is 10.4 Å². The summed E-state index contributed by atoms with van der Waals surface area (Å²) < 4.78 is 16.9. The van der Waals surface area contributed by atoms with Gasteiger partial charge in [0.1, 0.15) is 11.9 Å². The summed E-state index contributed by atoms with van der Waals surface area (Å²) >= 11 is 0. The van der Waals surface area contributed by atoms with Crippen molar-refractivity contribution in [3.63, 3.8) is 0 Å². The van der Waals surface area contributed by atoms with Crippen LogP contribution in [0.15, 0.2) is 30.6 Å². The molecule has 1 aromatic carbocycles. The van der Waals surface area contributed by atoms with E-state index in [-0.39, 0.29) is 24.3 Å². The average molecular weight is 493 g/mol. The summed E-state index contributed by atoms with van der Waals surface area (Å²) in [5.74, 6) is 0.357. The minimum atomic E-state index is -0.782. The predicted molar refractivity (Wildman–Crippen MR) is 132 cm³/mol. The largest absolute Gasteiger partial charge is 0.343 e. The van der Waals surface area contributed by atoms with Crippen LogP contribution in [0.25, 0.3) is 11.1 Å². The number of amides is 2. The number of benzene rings is 1. The zero-order chi connectivity index (χ0) is 25.2. The molecule has 1 aromatic heterocycles. The third-order valence-electron chi connectivity index (χ3n) is 8.06. The third-order valence-corrected chi connectivity index (χ3v) is 8.06. The normalized spacial score (nSPS) is 24.5. The van der Waals surface area contributed by atoms with Crippen LogP contribution in [0.2, 0.25) is 0 Å². The van der Waals surface area contributed by atoms with E-state index in [1.165, 1.54) is 6.07 Å². The Bertz CT molecular complexity index is 1170. The van der Waals surface area contributed by atoms with Gasteiger partial charge in [0.05, 0.1) is 18.3 Å². The lowest BCUT2D eigenvalue weighted by molar-refractivity contribution is -0.130. The fourth-order valence-electron chi connectivity index (χ4n) is 5.96. The maximum absolute atomic E-state index is 15.0. The smallest absolute Gasteiger partial charge is 0.238 e. The summed E-state index contributed by atoms with van der Waals surface area (Å²) in [4.78, 5) is 26.1. The van der Waals surface area contributed by atoms with Gasteiger partial charge < -0.3 is 15.5 Å². The molecule has 2 bridgehead atoms. The molecule has 0 spiro atoms. The van der Waals surface area contributed by atoms with Gasteiger partial charge >= 0.3 is 0 Å². The summed E-state index contributed by atoms with van der Waals surface area (Å²) in [7, 11) is 0.